The maximum absolute atomic E-state index is 11.2. The maximum atomic E-state index is 11.2. The number of carbonyl (C=O) groups is 1. The summed E-state index contributed by atoms with van der Waals surface area (Å²) in [6.07, 6.45) is 6.45. The molecule has 0 aromatic rings. The number of epoxide rings is 1. The molecule has 1 N–H and O–H groups in total. The Morgan fingerprint density at radius 3 is 2.55 bits per heavy atom. The van der Waals surface area contributed by atoms with Gasteiger partial charge in [0.05, 0.1) is 13.2 Å². The molecule has 4 heteroatoms. The zero-order chi connectivity index (χ0) is 15.2. The lowest BCUT2D eigenvalue weighted by Gasteiger charge is -2.39. The number of methoxy groups -OCH3 is 1. The predicted molar refractivity (Wildman–Crippen MR) is 76.2 cm³/mol. The van der Waals surface area contributed by atoms with E-state index in [1.54, 1.807) is 0 Å². The molecule has 0 aromatic heterocycles. The molecule has 2 aliphatic rings. The van der Waals surface area contributed by atoms with Gasteiger partial charge in [0.25, 0.3) is 0 Å². The van der Waals surface area contributed by atoms with Gasteiger partial charge in [0.1, 0.15) is 11.2 Å². The van der Waals surface area contributed by atoms with Crippen molar-refractivity contribution in [1.82, 2.24) is 0 Å². The molecule has 0 bridgehead atoms. The van der Waals surface area contributed by atoms with E-state index in [-0.39, 0.29) is 28.7 Å². The maximum Gasteiger partial charge on any atom is 0.330 e. The van der Waals surface area contributed by atoms with Gasteiger partial charge in [-0.25, -0.2) is 4.79 Å². The van der Waals surface area contributed by atoms with Crippen molar-refractivity contribution < 1.29 is 19.4 Å². The fourth-order valence-corrected chi connectivity index (χ4v) is 3.62. The topological polar surface area (TPSA) is 59.1 Å². The van der Waals surface area contributed by atoms with E-state index in [1.807, 2.05) is 26.0 Å². The Bertz CT molecular complexity index is 477. The van der Waals surface area contributed by atoms with E-state index < -0.39 is 0 Å². The molecule has 0 spiro atoms. The first-order valence-electron chi connectivity index (χ1n) is 6.99. The van der Waals surface area contributed by atoms with E-state index in [1.165, 1.54) is 13.2 Å². The number of allylic oxidation sites excluding steroid dienone is 2. The van der Waals surface area contributed by atoms with Crippen LogP contribution in [-0.2, 0) is 14.3 Å². The Balaban J connectivity index is 2.21. The molecular weight excluding hydrogens is 256 g/mol. The van der Waals surface area contributed by atoms with Gasteiger partial charge in [0.15, 0.2) is 0 Å². The van der Waals surface area contributed by atoms with Crippen LogP contribution in [0.4, 0.5) is 0 Å². The van der Waals surface area contributed by atoms with Crippen LogP contribution in [0, 0.1) is 5.41 Å². The lowest BCUT2D eigenvalue weighted by atomic mass is 9.63. The molecule has 1 saturated carbocycles. The summed E-state index contributed by atoms with van der Waals surface area (Å²) < 4.78 is 10.6. The summed E-state index contributed by atoms with van der Waals surface area (Å²) in [5, 5.41) is 9.97. The molecule has 3 unspecified atom stereocenters. The Labute approximate surface area is 120 Å². The Hall–Kier alpha value is -1.13. The van der Waals surface area contributed by atoms with Gasteiger partial charge in [-0.15, -0.1) is 0 Å². The molecule has 2 rings (SSSR count). The van der Waals surface area contributed by atoms with E-state index in [0.717, 1.165) is 5.57 Å². The number of fused-ring (bicyclic) bond motifs is 1. The van der Waals surface area contributed by atoms with Gasteiger partial charge in [-0.2, -0.15) is 0 Å². The van der Waals surface area contributed by atoms with E-state index in [0.29, 0.717) is 12.8 Å². The number of aliphatic hydroxyl groups is 1. The fourth-order valence-electron chi connectivity index (χ4n) is 3.62. The van der Waals surface area contributed by atoms with Crippen LogP contribution in [0.15, 0.2) is 23.8 Å². The van der Waals surface area contributed by atoms with E-state index >= 15 is 0 Å². The average molecular weight is 280 g/mol. The minimum Gasteiger partial charge on any atom is -0.466 e. The van der Waals surface area contributed by atoms with Crippen molar-refractivity contribution in [3.05, 3.63) is 23.8 Å². The first-order valence-corrected chi connectivity index (χ1v) is 6.99. The lowest BCUT2D eigenvalue weighted by Crippen LogP contribution is -2.46. The van der Waals surface area contributed by atoms with Gasteiger partial charge in [0.2, 0.25) is 0 Å². The van der Waals surface area contributed by atoms with Crippen LogP contribution in [0.3, 0.4) is 0 Å². The number of rotatable bonds is 3. The second-order valence-electron chi connectivity index (χ2n) is 6.76. The van der Waals surface area contributed by atoms with Gasteiger partial charge in [0, 0.05) is 17.9 Å². The smallest absolute Gasteiger partial charge is 0.330 e. The Kier molecular flexibility index (Phi) is 3.59. The second kappa shape index (κ2) is 4.71. The van der Waals surface area contributed by atoms with E-state index in [2.05, 4.69) is 18.6 Å². The number of aliphatic hydroxyl groups excluding tert-OH is 1. The quantitative estimate of drug-likeness (QED) is 0.373. The third-order valence-electron chi connectivity index (χ3n) is 4.63. The number of hydrogen-bond donors (Lipinski definition) is 1. The third kappa shape index (κ3) is 2.31. The van der Waals surface area contributed by atoms with Crippen LogP contribution in [-0.4, -0.2) is 35.5 Å². The lowest BCUT2D eigenvalue weighted by molar-refractivity contribution is -0.134. The monoisotopic (exact) mass is 280 g/mol. The molecule has 2 fully saturated rings. The summed E-state index contributed by atoms with van der Waals surface area (Å²) >= 11 is 0. The highest BCUT2D eigenvalue weighted by Gasteiger charge is 2.74. The van der Waals surface area contributed by atoms with Crippen LogP contribution < -0.4 is 0 Å². The van der Waals surface area contributed by atoms with E-state index in [4.69, 9.17) is 4.74 Å². The molecule has 0 amide bonds. The Morgan fingerprint density at radius 1 is 1.35 bits per heavy atom. The molecule has 1 aliphatic heterocycles. The molecule has 112 valence electrons. The fraction of sp³-hybridized carbons (Fsp3) is 0.688. The highest BCUT2D eigenvalue weighted by Crippen LogP contribution is 2.66. The normalized spacial score (nSPS) is 39.5. The number of carbonyl (C=O) groups excluding carboxylic acids is 1. The van der Waals surface area contributed by atoms with Crippen LogP contribution in [0.25, 0.3) is 0 Å². The van der Waals surface area contributed by atoms with Crippen molar-refractivity contribution in [2.45, 2.75) is 57.8 Å². The van der Waals surface area contributed by atoms with Crippen molar-refractivity contribution in [1.29, 1.82) is 0 Å². The average Bonchev–Trinajstić information content (AvgIpc) is 2.92. The summed E-state index contributed by atoms with van der Waals surface area (Å²) in [5.41, 5.74) is 0.0215. The molecule has 1 heterocycles. The number of ether oxygens (including phenoxy) is 2. The van der Waals surface area contributed by atoms with Crippen LogP contribution in [0.5, 0.6) is 0 Å². The van der Waals surface area contributed by atoms with Crippen molar-refractivity contribution in [3.63, 3.8) is 0 Å². The van der Waals surface area contributed by atoms with Crippen molar-refractivity contribution in [2.75, 3.05) is 7.11 Å². The summed E-state index contributed by atoms with van der Waals surface area (Å²) in [4.78, 5) is 11.2. The molecule has 3 atom stereocenters. The number of esters is 1. The van der Waals surface area contributed by atoms with Crippen LogP contribution in [0.2, 0.25) is 0 Å². The van der Waals surface area contributed by atoms with Gasteiger partial charge in [-0.1, -0.05) is 19.9 Å². The first kappa shape index (κ1) is 15.3. The number of hydrogen-bond acceptors (Lipinski definition) is 4. The summed E-state index contributed by atoms with van der Waals surface area (Å²) in [5.74, 6) is -0.359. The minimum atomic E-state index is -0.359. The summed E-state index contributed by atoms with van der Waals surface area (Å²) in [6.45, 7) is 8.13. The SMILES string of the molecule is COC(=O)C=C(C)C=CC12OC1(C)CC(O)CC2(C)C. The van der Waals surface area contributed by atoms with Gasteiger partial charge in [-0.05, 0) is 31.9 Å². The van der Waals surface area contributed by atoms with Gasteiger partial charge in [-0.3, -0.25) is 0 Å². The molecule has 20 heavy (non-hydrogen) atoms. The Morgan fingerprint density at radius 2 is 2.00 bits per heavy atom. The summed E-state index contributed by atoms with van der Waals surface area (Å²) in [6, 6.07) is 0. The first-order chi connectivity index (χ1) is 9.16. The van der Waals surface area contributed by atoms with Gasteiger partial charge < -0.3 is 14.6 Å². The molecule has 4 nitrogen and oxygen atoms in total. The highest BCUT2D eigenvalue weighted by atomic mass is 16.6. The third-order valence-corrected chi connectivity index (χ3v) is 4.63. The molecule has 0 radical (unpaired) electrons. The highest BCUT2D eigenvalue weighted by molar-refractivity contribution is 5.83. The van der Waals surface area contributed by atoms with Crippen molar-refractivity contribution >= 4 is 5.97 Å². The van der Waals surface area contributed by atoms with E-state index in [9.17, 15) is 9.90 Å². The zero-order valence-electron chi connectivity index (χ0n) is 12.9. The molecule has 1 aliphatic carbocycles. The summed E-state index contributed by atoms with van der Waals surface area (Å²) in [7, 11) is 1.36. The standard InChI is InChI=1S/C16H24O4/c1-11(8-13(18)19-5)6-7-16-14(2,3)9-12(17)10-15(16,4)20-16/h6-8,12,17H,9-10H2,1-5H3. The van der Waals surface area contributed by atoms with Crippen LogP contribution >= 0.6 is 0 Å². The molecule has 0 aromatic carbocycles. The molecular formula is C16H24O4. The van der Waals surface area contributed by atoms with Gasteiger partial charge >= 0.3 is 5.97 Å². The zero-order valence-corrected chi connectivity index (χ0v) is 12.9. The predicted octanol–water partition coefficient (Wildman–Crippen LogP) is 2.37. The van der Waals surface area contributed by atoms with Crippen molar-refractivity contribution in [3.8, 4) is 0 Å². The second-order valence-corrected chi connectivity index (χ2v) is 6.76. The minimum absolute atomic E-state index is 0.137. The molecule has 1 saturated heterocycles. The van der Waals surface area contributed by atoms with Crippen molar-refractivity contribution in [2.24, 2.45) is 5.41 Å². The largest absolute Gasteiger partial charge is 0.466 e. The van der Waals surface area contributed by atoms with Crippen LogP contribution in [0.1, 0.15) is 40.5 Å².